The Morgan fingerprint density at radius 1 is 1.06 bits per heavy atom. The zero-order chi connectivity index (χ0) is 23.0. The topological polar surface area (TPSA) is 71.7 Å². The summed E-state index contributed by atoms with van der Waals surface area (Å²) in [7, 11) is 1.65. The molecule has 170 valence electrons. The van der Waals surface area contributed by atoms with E-state index in [1.807, 2.05) is 37.3 Å². The van der Waals surface area contributed by atoms with Crippen molar-refractivity contribution in [1.29, 1.82) is 0 Å². The zero-order valence-corrected chi connectivity index (χ0v) is 17.9. The van der Waals surface area contributed by atoms with Crippen LogP contribution in [0.3, 0.4) is 0 Å². The van der Waals surface area contributed by atoms with Gasteiger partial charge in [-0.3, -0.25) is 4.99 Å². The number of hydrogen-bond acceptors (Lipinski definition) is 4. The number of halogens is 3. The zero-order valence-electron chi connectivity index (χ0n) is 17.9. The van der Waals surface area contributed by atoms with Crippen molar-refractivity contribution in [2.24, 2.45) is 4.99 Å². The summed E-state index contributed by atoms with van der Waals surface area (Å²) in [5.74, 6) is 1.11. The van der Waals surface area contributed by atoms with Crippen molar-refractivity contribution in [2.45, 2.75) is 32.8 Å². The molecule has 0 aliphatic carbocycles. The Morgan fingerprint density at radius 2 is 1.78 bits per heavy atom. The summed E-state index contributed by atoms with van der Waals surface area (Å²) in [6, 6.07) is 15.1. The van der Waals surface area contributed by atoms with Gasteiger partial charge in [0.2, 0.25) is 5.89 Å². The molecule has 0 spiro atoms. The van der Waals surface area contributed by atoms with E-state index in [4.69, 9.17) is 9.15 Å². The number of rotatable bonds is 8. The van der Waals surface area contributed by atoms with Crippen LogP contribution < -0.4 is 10.6 Å². The summed E-state index contributed by atoms with van der Waals surface area (Å²) >= 11 is 0. The van der Waals surface area contributed by atoms with Crippen molar-refractivity contribution in [3.8, 4) is 11.5 Å². The Balaban J connectivity index is 1.48. The lowest BCUT2D eigenvalue weighted by Gasteiger charge is -2.12. The van der Waals surface area contributed by atoms with E-state index >= 15 is 0 Å². The third kappa shape index (κ3) is 7.42. The van der Waals surface area contributed by atoms with Crippen LogP contribution in [-0.4, -0.2) is 30.8 Å². The normalized spacial score (nSPS) is 12.1. The molecule has 0 fully saturated rings. The molecular weight excluding hydrogens is 421 g/mol. The summed E-state index contributed by atoms with van der Waals surface area (Å²) in [6.45, 7) is 1.52. The highest BCUT2D eigenvalue weighted by atomic mass is 19.4. The van der Waals surface area contributed by atoms with Gasteiger partial charge in [-0.05, 0) is 30.2 Å². The Morgan fingerprint density at radius 3 is 2.50 bits per heavy atom. The Hall–Kier alpha value is -3.33. The van der Waals surface area contributed by atoms with Crippen molar-refractivity contribution in [2.75, 3.05) is 13.7 Å². The van der Waals surface area contributed by atoms with Gasteiger partial charge in [0.05, 0.1) is 18.8 Å². The van der Waals surface area contributed by atoms with Crippen LogP contribution in [0, 0.1) is 6.92 Å². The number of benzene rings is 2. The molecule has 0 atom stereocenters. The van der Waals surface area contributed by atoms with E-state index in [2.05, 4.69) is 20.6 Å². The number of guanidine groups is 1. The van der Waals surface area contributed by atoms with Crippen molar-refractivity contribution >= 4 is 5.96 Å². The predicted octanol–water partition coefficient (Wildman–Crippen LogP) is 4.59. The third-order valence-electron chi connectivity index (χ3n) is 4.50. The maximum atomic E-state index is 12.2. The van der Waals surface area contributed by atoms with Gasteiger partial charge in [-0.25, -0.2) is 4.98 Å². The fourth-order valence-corrected chi connectivity index (χ4v) is 2.91. The van der Waals surface area contributed by atoms with Gasteiger partial charge in [-0.2, -0.15) is 13.2 Å². The molecule has 9 heteroatoms. The van der Waals surface area contributed by atoms with Gasteiger partial charge in [0.15, 0.2) is 5.96 Å². The van der Waals surface area contributed by atoms with Gasteiger partial charge in [0, 0.05) is 19.2 Å². The predicted molar refractivity (Wildman–Crippen MR) is 116 cm³/mol. The molecular formula is C23H25F3N4O2. The highest BCUT2D eigenvalue weighted by Crippen LogP contribution is 2.19. The van der Waals surface area contributed by atoms with E-state index < -0.39 is 12.8 Å². The van der Waals surface area contributed by atoms with Crippen LogP contribution in [0.25, 0.3) is 11.5 Å². The fourth-order valence-electron chi connectivity index (χ4n) is 2.91. The first kappa shape index (κ1) is 23.3. The van der Waals surface area contributed by atoms with Gasteiger partial charge in [-0.1, -0.05) is 42.0 Å². The quantitative estimate of drug-likeness (QED) is 0.391. The van der Waals surface area contributed by atoms with Crippen molar-refractivity contribution in [3.05, 3.63) is 77.2 Å². The second kappa shape index (κ2) is 10.8. The van der Waals surface area contributed by atoms with E-state index in [-0.39, 0.29) is 6.61 Å². The van der Waals surface area contributed by atoms with Gasteiger partial charge < -0.3 is 19.8 Å². The molecule has 3 aromatic rings. The molecule has 0 amide bonds. The first-order valence-electron chi connectivity index (χ1n) is 10.0. The highest BCUT2D eigenvalue weighted by Gasteiger charge is 2.27. The van der Waals surface area contributed by atoms with Gasteiger partial charge >= 0.3 is 6.18 Å². The average molecular weight is 446 g/mol. The van der Waals surface area contributed by atoms with E-state index in [9.17, 15) is 13.2 Å². The number of nitrogens with zero attached hydrogens (tertiary/aromatic N) is 2. The molecule has 6 nitrogen and oxygen atoms in total. The maximum Gasteiger partial charge on any atom is 0.411 e. The summed E-state index contributed by atoms with van der Waals surface area (Å²) in [4.78, 5) is 8.66. The van der Waals surface area contributed by atoms with E-state index in [1.54, 1.807) is 31.5 Å². The van der Waals surface area contributed by atoms with Crippen LogP contribution in [0.15, 0.2) is 64.2 Å². The molecule has 2 N–H and O–H groups in total. The first-order valence-corrected chi connectivity index (χ1v) is 10.0. The Labute approximate surface area is 184 Å². The molecule has 0 radical (unpaired) electrons. The van der Waals surface area contributed by atoms with Crippen LogP contribution in [0.2, 0.25) is 0 Å². The largest absolute Gasteiger partial charge is 0.444 e. The lowest BCUT2D eigenvalue weighted by atomic mass is 10.1. The van der Waals surface area contributed by atoms with Crippen molar-refractivity contribution in [3.63, 3.8) is 0 Å². The maximum absolute atomic E-state index is 12.2. The third-order valence-corrected chi connectivity index (χ3v) is 4.50. The number of aliphatic imine (C=N–C) groups is 1. The smallest absolute Gasteiger partial charge is 0.411 e. The molecule has 1 aromatic heterocycles. The molecule has 32 heavy (non-hydrogen) atoms. The standard InChI is InChI=1S/C23H25F3N4O2/c1-16-6-8-19(9-7-16)21-30-20(14-32-21)12-29-22(27-2)28-11-17-4-3-5-18(10-17)13-31-15-23(24,25)26/h3-10,14H,11-13,15H2,1-2H3,(H2,27,28,29). The lowest BCUT2D eigenvalue weighted by Crippen LogP contribution is -2.36. The Kier molecular flexibility index (Phi) is 7.88. The molecule has 0 saturated heterocycles. The van der Waals surface area contributed by atoms with Gasteiger partial charge in [0.1, 0.15) is 12.9 Å². The Bertz CT molecular complexity index is 1030. The van der Waals surface area contributed by atoms with E-state index in [0.29, 0.717) is 30.5 Å². The summed E-state index contributed by atoms with van der Waals surface area (Å²) in [6.07, 6.45) is -2.73. The number of nitrogens with one attached hydrogen (secondary N) is 2. The molecule has 3 rings (SSSR count). The first-order chi connectivity index (χ1) is 15.3. The molecule has 0 aliphatic heterocycles. The molecule has 0 bridgehead atoms. The minimum atomic E-state index is -4.33. The van der Waals surface area contributed by atoms with Gasteiger partial charge in [-0.15, -0.1) is 0 Å². The number of ether oxygens (including phenoxy) is 1. The second-order valence-electron chi connectivity index (χ2n) is 7.22. The number of hydrogen-bond donors (Lipinski definition) is 2. The monoisotopic (exact) mass is 446 g/mol. The molecule has 2 aromatic carbocycles. The summed E-state index contributed by atoms with van der Waals surface area (Å²) in [5, 5.41) is 6.33. The fraction of sp³-hybridized carbons (Fsp3) is 0.304. The van der Waals surface area contributed by atoms with Gasteiger partial charge in [0.25, 0.3) is 0 Å². The average Bonchev–Trinajstić information content (AvgIpc) is 3.23. The minimum Gasteiger partial charge on any atom is -0.444 e. The number of oxazole rings is 1. The number of alkyl halides is 3. The SMILES string of the molecule is CN=C(NCc1cccc(COCC(F)(F)F)c1)NCc1coc(-c2ccc(C)cc2)n1. The van der Waals surface area contributed by atoms with Crippen molar-refractivity contribution in [1.82, 2.24) is 15.6 Å². The second-order valence-corrected chi connectivity index (χ2v) is 7.22. The molecule has 0 aliphatic rings. The minimum absolute atomic E-state index is 0.101. The number of aryl methyl sites for hydroxylation is 1. The number of aromatic nitrogens is 1. The van der Waals surface area contributed by atoms with Crippen LogP contribution in [-0.2, 0) is 24.4 Å². The summed E-state index contributed by atoms with van der Waals surface area (Å²) in [5.41, 5.74) is 4.36. The van der Waals surface area contributed by atoms with Crippen LogP contribution in [0.4, 0.5) is 13.2 Å². The van der Waals surface area contributed by atoms with Crippen molar-refractivity contribution < 1.29 is 22.3 Å². The van der Waals surface area contributed by atoms with E-state index in [0.717, 1.165) is 22.4 Å². The molecule has 0 saturated carbocycles. The van der Waals surface area contributed by atoms with Crippen LogP contribution >= 0.6 is 0 Å². The molecule has 0 unspecified atom stereocenters. The summed E-state index contributed by atoms with van der Waals surface area (Å²) < 4.78 is 46.9. The lowest BCUT2D eigenvalue weighted by molar-refractivity contribution is -0.176. The highest BCUT2D eigenvalue weighted by molar-refractivity contribution is 5.79. The molecule has 1 heterocycles. The van der Waals surface area contributed by atoms with Crippen LogP contribution in [0.1, 0.15) is 22.4 Å². The van der Waals surface area contributed by atoms with Crippen LogP contribution in [0.5, 0.6) is 0 Å². The van der Waals surface area contributed by atoms with E-state index in [1.165, 1.54) is 0 Å².